The van der Waals surface area contributed by atoms with Gasteiger partial charge in [0.15, 0.2) is 12.6 Å². The first-order valence-electron chi connectivity index (χ1n) is 21.1. The third-order valence-corrected chi connectivity index (χ3v) is 13.8. The first kappa shape index (κ1) is 45.6. The molecule has 16 heteroatoms. The van der Waals surface area contributed by atoms with Crippen LogP contribution in [0.2, 0.25) is 0 Å². The van der Waals surface area contributed by atoms with Gasteiger partial charge in [-0.2, -0.15) is 0 Å². The molecule has 0 saturated carbocycles. The second-order valence-corrected chi connectivity index (χ2v) is 18.9. The topological polar surface area (TPSA) is 155 Å². The number of carbonyl (C=O) groups excluding carboxylic acids is 2. The van der Waals surface area contributed by atoms with Gasteiger partial charge in [0, 0.05) is 31.1 Å². The van der Waals surface area contributed by atoms with Crippen LogP contribution in [0.3, 0.4) is 0 Å². The molecular formula is C46H56N3O11PS. The van der Waals surface area contributed by atoms with E-state index in [1.165, 1.54) is 11.9 Å². The average Bonchev–Trinajstić information content (AvgIpc) is 3.94. The number of likely N-dealkylation sites (tertiary alicyclic amines) is 1. The van der Waals surface area contributed by atoms with Gasteiger partial charge in [0.05, 0.1) is 51.6 Å². The smallest absolute Gasteiger partial charge is 0.407 e. The molecule has 4 aromatic carbocycles. The molecule has 3 aliphatic rings. The predicted molar refractivity (Wildman–Crippen MR) is 233 cm³/mol. The summed E-state index contributed by atoms with van der Waals surface area (Å²) >= 11 is 1.53. The van der Waals surface area contributed by atoms with Crippen molar-refractivity contribution in [1.29, 1.82) is 0 Å². The summed E-state index contributed by atoms with van der Waals surface area (Å²) in [5, 5.41) is 15.0. The summed E-state index contributed by atoms with van der Waals surface area (Å²) in [6, 6.07) is 33.1. The number of nitrogens with zero attached hydrogens (tertiary/aromatic N) is 2. The van der Waals surface area contributed by atoms with Gasteiger partial charge in [-0.1, -0.05) is 72.8 Å². The van der Waals surface area contributed by atoms with Crippen molar-refractivity contribution in [2.24, 2.45) is 11.8 Å². The Morgan fingerprint density at radius 1 is 0.887 bits per heavy atom. The Balaban J connectivity index is 1.03. The normalized spacial score (nSPS) is 20.0. The van der Waals surface area contributed by atoms with Crippen LogP contribution in [0.25, 0.3) is 0 Å². The van der Waals surface area contributed by atoms with Crippen molar-refractivity contribution in [3.8, 4) is 11.5 Å². The van der Waals surface area contributed by atoms with E-state index in [-0.39, 0.29) is 51.3 Å². The molecule has 2 amide bonds. The van der Waals surface area contributed by atoms with Crippen molar-refractivity contribution in [2.45, 2.75) is 68.3 Å². The van der Waals surface area contributed by atoms with Crippen molar-refractivity contribution in [3.05, 3.63) is 126 Å². The summed E-state index contributed by atoms with van der Waals surface area (Å²) in [6.07, 6.45) is 0.788. The van der Waals surface area contributed by atoms with Gasteiger partial charge in [-0.3, -0.25) is 9.36 Å². The SMILES string of the molecule is COc1ccc(SN(CC2CCN(C=O)CC2)C[C@@H](O)[C@H](Cc2ccc(OCP(=O)(OCc3ccccc3)OCc3ccccc3)cc2)NC(=O)OC2CO[C@H]3OCC[C@@H]23)cc1. The van der Waals surface area contributed by atoms with Gasteiger partial charge < -0.3 is 48.1 Å². The van der Waals surface area contributed by atoms with Gasteiger partial charge in [-0.25, -0.2) is 9.10 Å². The second kappa shape index (κ2) is 22.8. The van der Waals surface area contributed by atoms with Gasteiger partial charge in [-0.05, 0) is 96.6 Å². The fourth-order valence-corrected chi connectivity index (χ4v) is 9.98. The Hall–Kier alpha value is -4.44. The van der Waals surface area contributed by atoms with Gasteiger partial charge in [0.1, 0.15) is 17.6 Å². The highest BCUT2D eigenvalue weighted by Gasteiger charge is 2.44. The van der Waals surface area contributed by atoms with Gasteiger partial charge in [-0.15, -0.1) is 0 Å². The highest BCUT2D eigenvalue weighted by Crippen LogP contribution is 2.50. The molecule has 3 fully saturated rings. The molecule has 5 atom stereocenters. The Kier molecular flexibility index (Phi) is 16.7. The Morgan fingerprint density at radius 2 is 1.53 bits per heavy atom. The number of hydrogen-bond acceptors (Lipinski definition) is 13. The lowest BCUT2D eigenvalue weighted by molar-refractivity contribution is -0.119. The monoisotopic (exact) mass is 889 g/mol. The second-order valence-electron chi connectivity index (χ2n) is 15.7. The van der Waals surface area contributed by atoms with E-state index in [1.807, 2.05) is 97.1 Å². The standard InChI is InChI=1S/C46H56N3O11PS/c1-54-38-16-18-40(19-17-38)62-49(27-35-20-23-48(32-50)24-21-35)28-43(51)42(47-46(52)60-44-31-56-45-41(44)22-25-55-45)26-34-12-14-39(15-13-34)57-33-61(53,58-29-36-8-4-2-5-9-36)59-30-37-10-6-3-7-11-37/h2-19,32,35,41-45,51H,20-31,33H2,1H3,(H,47,52)/t41-,42-,43+,44?,45+/m0/s1. The van der Waals surface area contributed by atoms with Crippen LogP contribution in [0.4, 0.5) is 4.79 Å². The summed E-state index contributed by atoms with van der Waals surface area (Å²) < 4.78 is 56.5. The molecule has 0 aliphatic carbocycles. The molecule has 0 bridgehead atoms. The van der Waals surface area contributed by atoms with Crippen molar-refractivity contribution in [2.75, 3.05) is 52.9 Å². The van der Waals surface area contributed by atoms with Crippen LogP contribution in [0.5, 0.6) is 11.5 Å². The number of ether oxygens (including phenoxy) is 5. The van der Waals surface area contributed by atoms with Crippen LogP contribution in [-0.4, -0.2) is 104 Å². The third kappa shape index (κ3) is 13.5. The molecule has 3 aliphatic heterocycles. The van der Waals surface area contributed by atoms with Gasteiger partial charge in [0.2, 0.25) is 6.41 Å². The van der Waals surface area contributed by atoms with Crippen molar-refractivity contribution >= 4 is 32.0 Å². The maximum Gasteiger partial charge on any atom is 0.407 e. The quantitative estimate of drug-likeness (QED) is 0.0462. The lowest BCUT2D eigenvalue weighted by atomic mass is 9.96. The summed E-state index contributed by atoms with van der Waals surface area (Å²) in [5.74, 6) is 1.45. The van der Waals surface area contributed by atoms with E-state index in [0.29, 0.717) is 37.9 Å². The number of aliphatic hydroxyl groups excluding tert-OH is 1. The van der Waals surface area contributed by atoms with Gasteiger partial charge in [0.25, 0.3) is 0 Å². The van der Waals surface area contributed by atoms with Crippen molar-refractivity contribution < 1.29 is 52.0 Å². The number of aliphatic hydroxyl groups is 1. The molecule has 3 heterocycles. The van der Waals surface area contributed by atoms with Crippen LogP contribution >= 0.6 is 19.5 Å². The van der Waals surface area contributed by atoms with Crippen molar-refractivity contribution in [3.63, 3.8) is 0 Å². The van der Waals surface area contributed by atoms with E-state index < -0.39 is 31.9 Å². The van der Waals surface area contributed by atoms with E-state index in [9.17, 15) is 19.3 Å². The summed E-state index contributed by atoms with van der Waals surface area (Å²) in [5.41, 5.74) is 2.52. The maximum absolute atomic E-state index is 14.0. The van der Waals surface area contributed by atoms with Gasteiger partial charge >= 0.3 is 13.7 Å². The lowest BCUT2D eigenvalue weighted by Crippen LogP contribution is -2.50. The Labute approximate surface area is 367 Å². The number of methoxy groups -OCH3 is 1. The van der Waals surface area contributed by atoms with Crippen LogP contribution in [0, 0.1) is 11.8 Å². The average molecular weight is 890 g/mol. The zero-order valence-corrected chi connectivity index (χ0v) is 36.6. The molecule has 14 nitrogen and oxygen atoms in total. The number of fused-ring (bicyclic) bond motifs is 1. The molecule has 1 unspecified atom stereocenters. The number of piperidine rings is 1. The Bertz CT molecular complexity index is 1980. The number of carbonyl (C=O) groups is 2. The molecule has 4 aromatic rings. The van der Waals surface area contributed by atoms with Crippen LogP contribution in [0.1, 0.15) is 36.0 Å². The molecule has 0 spiro atoms. The minimum Gasteiger partial charge on any atom is -0.497 e. The number of benzene rings is 4. The summed E-state index contributed by atoms with van der Waals surface area (Å²) in [6.45, 7) is 3.23. The summed E-state index contributed by atoms with van der Waals surface area (Å²) in [4.78, 5) is 27.7. The van der Waals surface area contributed by atoms with E-state index >= 15 is 0 Å². The minimum absolute atomic E-state index is 0.0403. The molecule has 3 saturated heterocycles. The number of hydrogen-bond donors (Lipinski definition) is 2. The predicted octanol–water partition coefficient (Wildman–Crippen LogP) is 7.30. The fourth-order valence-electron chi connectivity index (χ4n) is 7.69. The third-order valence-electron chi connectivity index (χ3n) is 11.3. The largest absolute Gasteiger partial charge is 0.497 e. The zero-order valence-electron chi connectivity index (χ0n) is 34.9. The molecule has 0 aromatic heterocycles. The molecular weight excluding hydrogens is 834 g/mol. The first-order chi connectivity index (χ1) is 30.2. The highest BCUT2D eigenvalue weighted by atomic mass is 32.2. The molecule has 2 N–H and O–H groups in total. The Morgan fingerprint density at radius 3 is 2.16 bits per heavy atom. The van der Waals surface area contributed by atoms with E-state index in [1.54, 1.807) is 24.1 Å². The van der Waals surface area contributed by atoms with E-state index in [4.69, 9.17) is 32.7 Å². The highest BCUT2D eigenvalue weighted by molar-refractivity contribution is 7.97. The van der Waals surface area contributed by atoms with E-state index in [0.717, 1.165) is 53.0 Å². The molecule has 7 rings (SSSR count). The summed E-state index contributed by atoms with van der Waals surface area (Å²) in [7, 11) is -2.10. The minimum atomic E-state index is -3.72. The molecule has 332 valence electrons. The van der Waals surface area contributed by atoms with Crippen LogP contribution in [-0.2, 0) is 52.3 Å². The maximum atomic E-state index is 14.0. The lowest BCUT2D eigenvalue weighted by Gasteiger charge is -2.34. The first-order valence-corrected chi connectivity index (χ1v) is 23.6. The fraction of sp³-hybridized carbons (Fsp3) is 0.435. The number of rotatable bonds is 22. The van der Waals surface area contributed by atoms with Crippen molar-refractivity contribution in [1.82, 2.24) is 14.5 Å². The molecule has 62 heavy (non-hydrogen) atoms. The van der Waals surface area contributed by atoms with Crippen LogP contribution in [0.15, 0.2) is 114 Å². The van der Waals surface area contributed by atoms with Crippen LogP contribution < -0.4 is 14.8 Å². The number of nitrogens with one attached hydrogen (secondary N) is 1. The number of amides is 2. The van der Waals surface area contributed by atoms with E-state index in [2.05, 4.69) is 9.62 Å². The zero-order chi connectivity index (χ0) is 43.2. The molecule has 0 radical (unpaired) electrons. The number of alkyl carbamates (subject to hydrolysis) is 1.